The van der Waals surface area contributed by atoms with Crippen LogP contribution in [0.5, 0.6) is 5.75 Å². The summed E-state index contributed by atoms with van der Waals surface area (Å²) in [6.07, 6.45) is 3.83. The molecule has 0 amide bonds. The number of hydrogen-bond donors (Lipinski definition) is 0. The number of rotatable bonds is 2. The van der Waals surface area contributed by atoms with Crippen molar-refractivity contribution in [2.75, 3.05) is 0 Å². The van der Waals surface area contributed by atoms with E-state index in [1.165, 1.54) is 6.42 Å². The molecular weight excluding hydrogens is 209 g/mol. The Balaban J connectivity index is 2.10. The maximum absolute atomic E-state index is 5.72. The highest BCUT2D eigenvalue weighted by Crippen LogP contribution is 2.27. The minimum absolute atomic E-state index is 0.342. The number of pyridine rings is 1. The van der Waals surface area contributed by atoms with E-state index in [0.29, 0.717) is 16.4 Å². The average Bonchev–Trinajstić information content (AvgIpc) is 1.95. The molecule has 1 aliphatic rings. The van der Waals surface area contributed by atoms with Gasteiger partial charge in [0.25, 0.3) is 0 Å². The quantitative estimate of drug-likeness (QED) is 0.710. The highest BCUT2D eigenvalue weighted by Gasteiger charge is 2.19. The Labute approximate surface area is 86.8 Å². The van der Waals surface area contributed by atoms with Crippen LogP contribution in [0.15, 0.2) is 12.1 Å². The third kappa shape index (κ3) is 2.26. The lowest BCUT2D eigenvalue weighted by Crippen LogP contribution is -2.24. The number of aromatic nitrogens is 1. The Morgan fingerprint density at radius 1 is 1.23 bits per heavy atom. The van der Waals surface area contributed by atoms with E-state index in [-0.39, 0.29) is 0 Å². The summed E-state index contributed by atoms with van der Waals surface area (Å²) in [6, 6.07) is 3.37. The van der Waals surface area contributed by atoms with Crippen molar-refractivity contribution in [2.24, 2.45) is 0 Å². The van der Waals surface area contributed by atoms with Crippen molar-refractivity contribution in [2.45, 2.75) is 25.4 Å². The highest BCUT2D eigenvalue weighted by atomic mass is 35.5. The summed E-state index contributed by atoms with van der Waals surface area (Å²) < 4.78 is 5.60. The largest absolute Gasteiger partial charge is 0.490 e. The fourth-order valence-corrected chi connectivity index (χ4v) is 1.63. The second-order valence-electron chi connectivity index (χ2n) is 3.12. The van der Waals surface area contributed by atoms with E-state index in [0.717, 1.165) is 18.6 Å². The lowest BCUT2D eigenvalue weighted by molar-refractivity contribution is 0.120. The molecule has 70 valence electrons. The van der Waals surface area contributed by atoms with Crippen LogP contribution in [0.25, 0.3) is 0 Å². The molecule has 0 unspecified atom stereocenters. The normalized spacial score (nSPS) is 16.8. The monoisotopic (exact) mass is 217 g/mol. The van der Waals surface area contributed by atoms with Gasteiger partial charge in [0.05, 0.1) is 6.10 Å². The van der Waals surface area contributed by atoms with Crippen molar-refractivity contribution in [3.05, 3.63) is 22.4 Å². The Morgan fingerprint density at radius 3 is 2.31 bits per heavy atom. The van der Waals surface area contributed by atoms with Crippen LogP contribution < -0.4 is 4.74 Å². The first kappa shape index (κ1) is 9.10. The fraction of sp³-hybridized carbons (Fsp3) is 0.444. The molecule has 1 fully saturated rings. The van der Waals surface area contributed by atoms with Gasteiger partial charge < -0.3 is 4.74 Å². The van der Waals surface area contributed by atoms with E-state index in [2.05, 4.69) is 4.98 Å². The van der Waals surface area contributed by atoms with E-state index in [1.54, 1.807) is 12.1 Å². The third-order valence-corrected chi connectivity index (χ3v) is 2.48. The molecule has 0 spiro atoms. The topological polar surface area (TPSA) is 22.1 Å². The molecule has 0 aromatic carbocycles. The lowest BCUT2D eigenvalue weighted by Gasteiger charge is -2.26. The molecule has 2 nitrogen and oxygen atoms in total. The molecule has 0 N–H and O–H groups in total. The van der Waals surface area contributed by atoms with Gasteiger partial charge >= 0.3 is 0 Å². The smallest absolute Gasteiger partial charge is 0.134 e. The number of hydrogen-bond acceptors (Lipinski definition) is 2. The van der Waals surface area contributed by atoms with E-state index in [9.17, 15) is 0 Å². The van der Waals surface area contributed by atoms with Gasteiger partial charge in [-0.3, -0.25) is 0 Å². The van der Waals surface area contributed by atoms with Crippen LogP contribution in [-0.2, 0) is 0 Å². The molecule has 0 bridgehead atoms. The highest BCUT2D eigenvalue weighted by molar-refractivity contribution is 6.32. The summed E-state index contributed by atoms with van der Waals surface area (Å²) in [4.78, 5) is 3.84. The van der Waals surface area contributed by atoms with Crippen molar-refractivity contribution in [1.29, 1.82) is 0 Å². The fourth-order valence-electron chi connectivity index (χ4n) is 1.19. The van der Waals surface area contributed by atoms with Gasteiger partial charge in [0.15, 0.2) is 0 Å². The van der Waals surface area contributed by atoms with Crippen molar-refractivity contribution in [3.8, 4) is 5.75 Å². The Kier molecular flexibility index (Phi) is 2.61. The minimum Gasteiger partial charge on any atom is -0.490 e. The zero-order valence-electron chi connectivity index (χ0n) is 6.96. The predicted octanol–water partition coefficient (Wildman–Crippen LogP) is 3.32. The van der Waals surface area contributed by atoms with Gasteiger partial charge in [0, 0.05) is 12.1 Å². The molecule has 0 atom stereocenters. The third-order valence-electron chi connectivity index (χ3n) is 2.09. The molecule has 2 rings (SSSR count). The SMILES string of the molecule is Clc1cc(OC2CCC2)cc(Cl)n1. The Bertz CT molecular complexity index is 292. The summed E-state index contributed by atoms with van der Waals surface area (Å²) in [6.45, 7) is 0. The van der Waals surface area contributed by atoms with Gasteiger partial charge in [-0.25, -0.2) is 4.98 Å². The van der Waals surface area contributed by atoms with Crippen molar-refractivity contribution in [1.82, 2.24) is 4.98 Å². The molecular formula is C9H9Cl2NO. The van der Waals surface area contributed by atoms with Gasteiger partial charge in [0.2, 0.25) is 0 Å². The van der Waals surface area contributed by atoms with Crippen LogP contribution in [0.2, 0.25) is 10.3 Å². The predicted molar refractivity (Wildman–Crippen MR) is 52.5 cm³/mol. The average molecular weight is 218 g/mol. The van der Waals surface area contributed by atoms with Crippen LogP contribution in [0.3, 0.4) is 0 Å². The molecule has 1 aromatic heterocycles. The van der Waals surface area contributed by atoms with E-state index < -0.39 is 0 Å². The summed E-state index contributed by atoms with van der Waals surface area (Å²) >= 11 is 11.4. The van der Waals surface area contributed by atoms with Gasteiger partial charge in [-0.2, -0.15) is 0 Å². The molecule has 0 aliphatic heterocycles. The molecule has 1 heterocycles. The molecule has 1 saturated carbocycles. The summed E-state index contributed by atoms with van der Waals surface area (Å²) in [5.74, 6) is 0.717. The van der Waals surface area contributed by atoms with Crippen molar-refractivity contribution < 1.29 is 4.74 Å². The van der Waals surface area contributed by atoms with Gasteiger partial charge in [-0.15, -0.1) is 0 Å². The molecule has 1 aromatic rings. The van der Waals surface area contributed by atoms with Crippen LogP contribution in [0.1, 0.15) is 19.3 Å². The maximum Gasteiger partial charge on any atom is 0.134 e. The van der Waals surface area contributed by atoms with Crippen molar-refractivity contribution >= 4 is 23.2 Å². The number of ether oxygens (including phenoxy) is 1. The molecule has 1 aliphatic carbocycles. The van der Waals surface area contributed by atoms with Crippen LogP contribution >= 0.6 is 23.2 Å². The first-order valence-electron chi connectivity index (χ1n) is 4.24. The molecule has 0 radical (unpaired) electrons. The molecule has 13 heavy (non-hydrogen) atoms. The van der Waals surface area contributed by atoms with E-state index in [4.69, 9.17) is 27.9 Å². The zero-order chi connectivity index (χ0) is 9.26. The van der Waals surface area contributed by atoms with Gasteiger partial charge in [-0.05, 0) is 19.3 Å². The van der Waals surface area contributed by atoms with E-state index >= 15 is 0 Å². The minimum atomic E-state index is 0.342. The van der Waals surface area contributed by atoms with E-state index in [1.807, 2.05) is 0 Å². The van der Waals surface area contributed by atoms with Crippen LogP contribution in [0, 0.1) is 0 Å². The lowest BCUT2D eigenvalue weighted by atomic mass is 9.96. The summed E-state index contributed by atoms with van der Waals surface area (Å²) in [5, 5.41) is 0.753. The maximum atomic E-state index is 5.72. The summed E-state index contributed by atoms with van der Waals surface area (Å²) in [7, 11) is 0. The standard InChI is InChI=1S/C9H9Cl2NO/c10-8-4-7(5-9(11)12-8)13-6-2-1-3-6/h4-6H,1-3H2. The van der Waals surface area contributed by atoms with Crippen molar-refractivity contribution in [3.63, 3.8) is 0 Å². The Morgan fingerprint density at radius 2 is 1.85 bits per heavy atom. The van der Waals surface area contributed by atoms with Gasteiger partial charge in [0.1, 0.15) is 16.1 Å². The first-order valence-corrected chi connectivity index (χ1v) is 4.99. The number of halogens is 2. The first-order chi connectivity index (χ1) is 6.24. The second-order valence-corrected chi connectivity index (χ2v) is 3.89. The van der Waals surface area contributed by atoms with Crippen LogP contribution in [-0.4, -0.2) is 11.1 Å². The van der Waals surface area contributed by atoms with Crippen LogP contribution in [0.4, 0.5) is 0 Å². The zero-order valence-corrected chi connectivity index (χ0v) is 8.48. The second kappa shape index (κ2) is 3.72. The number of nitrogens with zero attached hydrogens (tertiary/aromatic N) is 1. The van der Waals surface area contributed by atoms with Gasteiger partial charge in [-0.1, -0.05) is 23.2 Å². The molecule has 4 heteroatoms. The molecule has 0 saturated heterocycles. The Hall–Kier alpha value is -0.470. The summed E-state index contributed by atoms with van der Waals surface area (Å²) in [5.41, 5.74) is 0.